The predicted molar refractivity (Wildman–Crippen MR) is 33.7 cm³/mol. The molecule has 1 N–H and O–H groups in total. The lowest BCUT2D eigenvalue weighted by Gasteiger charge is -2.16. The number of fused-ring (bicyclic) bond motifs is 2. The van der Waals surface area contributed by atoms with E-state index in [1.165, 1.54) is 19.4 Å². The fraction of sp³-hybridized carbons (Fsp3) is 1.00. The molecular weight excluding hydrogens is 98.1 g/mol. The Balaban J connectivity index is 2.11. The molecule has 2 rings (SSSR count). The SMILES string of the molecule is C[C@@H]1C[C@@H]2C[C@H]1CN2. The summed E-state index contributed by atoms with van der Waals surface area (Å²) in [6, 6.07) is 0.898. The van der Waals surface area contributed by atoms with Crippen LogP contribution >= 0.6 is 0 Å². The van der Waals surface area contributed by atoms with Crippen LogP contribution in [-0.4, -0.2) is 12.6 Å². The third kappa shape index (κ3) is 0.510. The quantitative estimate of drug-likeness (QED) is 0.492. The normalized spacial score (nSPS) is 52.9. The van der Waals surface area contributed by atoms with Gasteiger partial charge in [-0.2, -0.15) is 0 Å². The Bertz CT molecular complexity index is 98.6. The van der Waals surface area contributed by atoms with Gasteiger partial charge in [-0.1, -0.05) is 6.92 Å². The lowest BCUT2D eigenvalue weighted by molar-refractivity contribution is 0.379. The molecule has 2 aliphatic rings. The molecule has 2 bridgehead atoms. The van der Waals surface area contributed by atoms with Gasteiger partial charge in [0.15, 0.2) is 0 Å². The molecule has 0 aromatic rings. The average Bonchev–Trinajstić information content (AvgIpc) is 2.23. The molecule has 2 fully saturated rings. The van der Waals surface area contributed by atoms with E-state index in [1.54, 1.807) is 0 Å². The van der Waals surface area contributed by atoms with Crippen molar-refractivity contribution >= 4 is 0 Å². The number of piperidine rings is 1. The molecule has 3 atom stereocenters. The molecule has 0 unspecified atom stereocenters. The van der Waals surface area contributed by atoms with Gasteiger partial charge in [-0.05, 0) is 31.2 Å². The maximum atomic E-state index is 3.49. The minimum Gasteiger partial charge on any atom is -0.314 e. The Morgan fingerprint density at radius 3 is 2.50 bits per heavy atom. The Morgan fingerprint density at radius 2 is 2.25 bits per heavy atom. The van der Waals surface area contributed by atoms with E-state index in [-0.39, 0.29) is 0 Å². The van der Waals surface area contributed by atoms with Gasteiger partial charge >= 0.3 is 0 Å². The first-order valence-electron chi connectivity index (χ1n) is 3.59. The molecule has 1 aliphatic carbocycles. The largest absolute Gasteiger partial charge is 0.314 e. The van der Waals surface area contributed by atoms with Crippen LogP contribution in [0.15, 0.2) is 0 Å². The second-order valence-corrected chi connectivity index (χ2v) is 3.31. The summed E-state index contributed by atoms with van der Waals surface area (Å²) in [6.45, 7) is 3.68. The Kier molecular flexibility index (Phi) is 0.884. The van der Waals surface area contributed by atoms with Crippen molar-refractivity contribution in [1.82, 2.24) is 5.32 Å². The van der Waals surface area contributed by atoms with Gasteiger partial charge in [0.05, 0.1) is 0 Å². The molecule has 0 spiro atoms. The van der Waals surface area contributed by atoms with E-state index in [4.69, 9.17) is 0 Å². The third-order valence-corrected chi connectivity index (χ3v) is 2.72. The van der Waals surface area contributed by atoms with Gasteiger partial charge in [0.1, 0.15) is 0 Å². The summed E-state index contributed by atoms with van der Waals surface area (Å²) in [5.74, 6) is 2.04. The summed E-state index contributed by atoms with van der Waals surface area (Å²) in [7, 11) is 0. The van der Waals surface area contributed by atoms with Crippen LogP contribution < -0.4 is 5.32 Å². The van der Waals surface area contributed by atoms with E-state index in [2.05, 4.69) is 12.2 Å². The smallest absolute Gasteiger partial charge is 0.00730 e. The van der Waals surface area contributed by atoms with Crippen LogP contribution in [0.3, 0.4) is 0 Å². The average molecular weight is 111 g/mol. The summed E-state index contributed by atoms with van der Waals surface area (Å²) < 4.78 is 0. The van der Waals surface area contributed by atoms with E-state index >= 15 is 0 Å². The summed E-state index contributed by atoms with van der Waals surface area (Å²) in [5.41, 5.74) is 0. The van der Waals surface area contributed by atoms with E-state index in [0.717, 1.165) is 17.9 Å². The van der Waals surface area contributed by atoms with Crippen molar-refractivity contribution in [1.29, 1.82) is 0 Å². The fourth-order valence-electron chi connectivity index (χ4n) is 2.10. The molecule has 1 saturated carbocycles. The van der Waals surface area contributed by atoms with Crippen molar-refractivity contribution in [2.45, 2.75) is 25.8 Å². The van der Waals surface area contributed by atoms with Crippen molar-refractivity contribution in [2.75, 3.05) is 6.54 Å². The maximum absolute atomic E-state index is 3.49. The minimum atomic E-state index is 0.898. The van der Waals surface area contributed by atoms with Crippen molar-refractivity contribution in [3.05, 3.63) is 0 Å². The highest BCUT2D eigenvalue weighted by atomic mass is 15.0. The lowest BCUT2D eigenvalue weighted by Crippen LogP contribution is -2.28. The maximum Gasteiger partial charge on any atom is 0.00730 e. The molecular formula is C7H13N. The molecule has 1 saturated heterocycles. The summed E-state index contributed by atoms with van der Waals surface area (Å²) in [6.07, 6.45) is 2.89. The molecule has 1 aliphatic heterocycles. The van der Waals surface area contributed by atoms with E-state index in [1.807, 2.05) is 0 Å². The molecule has 1 heterocycles. The zero-order valence-electron chi connectivity index (χ0n) is 5.35. The van der Waals surface area contributed by atoms with E-state index in [9.17, 15) is 0 Å². The van der Waals surface area contributed by atoms with Gasteiger partial charge < -0.3 is 5.32 Å². The topological polar surface area (TPSA) is 12.0 Å². The van der Waals surface area contributed by atoms with Crippen molar-refractivity contribution in [3.63, 3.8) is 0 Å². The predicted octanol–water partition coefficient (Wildman–Crippen LogP) is 1.00. The first-order valence-corrected chi connectivity index (χ1v) is 3.59. The molecule has 0 aromatic carbocycles. The zero-order valence-corrected chi connectivity index (χ0v) is 5.35. The van der Waals surface area contributed by atoms with Crippen LogP contribution in [0.4, 0.5) is 0 Å². The summed E-state index contributed by atoms with van der Waals surface area (Å²) in [4.78, 5) is 0. The van der Waals surface area contributed by atoms with Crippen LogP contribution in [-0.2, 0) is 0 Å². The molecule has 0 amide bonds. The van der Waals surface area contributed by atoms with Gasteiger partial charge in [-0.15, -0.1) is 0 Å². The van der Waals surface area contributed by atoms with Gasteiger partial charge in [-0.25, -0.2) is 0 Å². The number of hydrogen-bond donors (Lipinski definition) is 1. The number of hydrogen-bond acceptors (Lipinski definition) is 1. The Hall–Kier alpha value is -0.0400. The van der Waals surface area contributed by atoms with Crippen molar-refractivity contribution in [3.8, 4) is 0 Å². The van der Waals surface area contributed by atoms with Crippen molar-refractivity contribution in [2.24, 2.45) is 11.8 Å². The first-order chi connectivity index (χ1) is 3.86. The first kappa shape index (κ1) is 4.80. The molecule has 1 heteroatoms. The van der Waals surface area contributed by atoms with Crippen LogP contribution in [0.25, 0.3) is 0 Å². The van der Waals surface area contributed by atoms with Crippen molar-refractivity contribution < 1.29 is 0 Å². The lowest BCUT2D eigenvalue weighted by atomic mass is 9.98. The van der Waals surface area contributed by atoms with Gasteiger partial charge in [-0.3, -0.25) is 0 Å². The highest BCUT2D eigenvalue weighted by Gasteiger charge is 2.36. The molecule has 46 valence electrons. The van der Waals surface area contributed by atoms with Gasteiger partial charge in [0.2, 0.25) is 0 Å². The standard InChI is InChI=1S/C7H13N/c1-5-2-7-3-6(5)4-8-7/h5-8H,2-4H2,1H3/t5-,6+,7-/m1/s1. The van der Waals surface area contributed by atoms with E-state index < -0.39 is 0 Å². The highest BCUT2D eigenvalue weighted by Crippen LogP contribution is 2.35. The molecule has 8 heavy (non-hydrogen) atoms. The van der Waals surface area contributed by atoms with Crippen LogP contribution in [0.1, 0.15) is 19.8 Å². The van der Waals surface area contributed by atoms with Gasteiger partial charge in [0.25, 0.3) is 0 Å². The Labute approximate surface area is 50.5 Å². The number of rotatable bonds is 0. The zero-order chi connectivity index (χ0) is 5.56. The molecule has 0 radical (unpaired) electrons. The van der Waals surface area contributed by atoms with Gasteiger partial charge in [0, 0.05) is 6.04 Å². The monoisotopic (exact) mass is 111 g/mol. The molecule has 0 aromatic heterocycles. The second kappa shape index (κ2) is 1.47. The third-order valence-electron chi connectivity index (χ3n) is 2.72. The van der Waals surface area contributed by atoms with E-state index in [0.29, 0.717) is 0 Å². The van der Waals surface area contributed by atoms with Crippen LogP contribution in [0, 0.1) is 11.8 Å². The Morgan fingerprint density at radius 1 is 1.38 bits per heavy atom. The van der Waals surface area contributed by atoms with Crippen LogP contribution in [0.2, 0.25) is 0 Å². The minimum absolute atomic E-state index is 0.898. The number of nitrogens with one attached hydrogen (secondary N) is 1. The van der Waals surface area contributed by atoms with Crippen LogP contribution in [0.5, 0.6) is 0 Å². The second-order valence-electron chi connectivity index (χ2n) is 3.31. The summed E-state index contributed by atoms with van der Waals surface area (Å²) in [5, 5.41) is 3.49. The summed E-state index contributed by atoms with van der Waals surface area (Å²) >= 11 is 0. The fourth-order valence-corrected chi connectivity index (χ4v) is 2.10. The highest BCUT2D eigenvalue weighted by molar-refractivity contribution is 4.92. The molecule has 1 nitrogen and oxygen atoms in total.